The molecule has 1 aliphatic carbocycles. The number of hydrogen-bond acceptors (Lipinski definition) is 5. The molecule has 0 amide bonds. The van der Waals surface area contributed by atoms with E-state index in [1.54, 1.807) is 17.4 Å². The number of nitrogens with zero attached hydrogens (tertiary/aromatic N) is 3. The van der Waals surface area contributed by atoms with Crippen molar-refractivity contribution in [1.82, 2.24) is 24.9 Å². The predicted molar refractivity (Wildman–Crippen MR) is 106 cm³/mol. The van der Waals surface area contributed by atoms with Crippen LogP contribution in [0, 0.1) is 0 Å². The second kappa shape index (κ2) is 8.25. The van der Waals surface area contributed by atoms with Gasteiger partial charge in [-0.25, -0.2) is 4.98 Å². The molecule has 0 fully saturated rings. The molecule has 0 aliphatic heterocycles. The molecular weight excluding hydrogens is 346 g/mol. The maximum Gasteiger partial charge on any atom is 0.274 e. The second-order valence-corrected chi connectivity index (χ2v) is 6.73. The predicted octanol–water partition coefficient (Wildman–Crippen LogP) is 3.54. The lowest BCUT2D eigenvalue weighted by Gasteiger charge is -2.19. The van der Waals surface area contributed by atoms with Gasteiger partial charge < -0.3 is 5.32 Å². The summed E-state index contributed by atoms with van der Waals surface area (Å²) < 4.78 is 1.38. The zero-order chi connectivity index (χ0) is 18.5. The molecule has 0 spiro atoms. The molecule has 26 heavy (non-hydrogen) atoms. The molecule has 1 aliphatic rings. The van der Waals surface area contributed by atoms with Crippen molar-refractivity contribution in [1.29, 1.82) is 0 Å². The number of aromatic nitrogens is 4. The van der Waals surface area contributed by atoms with E-state index < -0.39 is 0 Å². The first-order valence-electron chi connectivity index (χ1n) is 8.80. The molecule has 0 bridgehead atoms. The lowest BCUT2D eigenvalue weighted by atomic mass is 10.0. The van der Waals surface area contributed by atoms with Gasteiger partial charge in [-0.05, 0) is 24.8 Å². The Morgan fingerprint density at radius 1 is 1.38 bits per heavy atom. The van der Waals surface area contributed by atoms with Gasteiger partial charge in [0.25, 0.3) is 11.3 Å². The highest BCUT2D eigenvalue weighted by Crippen LogP contribution is 2.20. The van der Waals surface area contributed by atoms with Crippen molar-refractivity contribution >= 4 is 17.1 Å². The van der Waals surface area contributed by atoms with Gasteiger partial charge in [-0.3, -0.25) is 9.89 Å². The Balaban J connectivity index is 0.000000948. The fourth-order valence-electron chi connectivity index (χ4n) is 2.75. The number of nitrogens with one attached hydrogen (secondary N) is 2. The zero-order valence-corrected chi connectivity index (χ0v) is 16.0. The van der Waals surface area contributed by atoms with Crippen LogP contribution in [0.3, 0.4) is 0 Å². The van der Waals surface area contributed by atoms with Crippen molar-refractivity contribution in [2.45, 2.75) is 39.8 Å². The summed E-state index contributed by atoms with van der Waals surface area (Å²) in [4.78, 5) is 22.2. The van der Waals surface area contributed by atoms with Gasteiger partial charge in [0, 0.05) is 18.7 Å². The van der Waals surface area contributed by atoms with Crippen LogP contribution >= 0.6 is 11.3 Å². The fraction of sp³-hybridized carbons (Fsp3) is 0.316. The van der Waals surface area contributed by atoms with Gasteiger partial charge in [0.2, 0.25) is 0 Å². The third kappa shape index (κ3) is 3.84. The van der Waals surface area contributed by atoms with Crippen LogP contribution in [0.5, 0.6) is 0 Å². The van der Waals surface area contributed by atoms with Crippen LogP contribution in [0.1, 0.15) is 32.9 Å². The zero-order valence-electron chi connectivity index (χ0n) is 15.2. The van der Waals surface area contributed by atoms with Crippen LogP contribution in [0.15, 0.2) is 52.2 Å². The monoisotopic (exact) mass is 369 g/mol. The van der Waals surface area contributed by atoms with E-state index in [1.807, 2.05) is 31.4 Å². The van der Waals surface area contributed by atoms with Crippen molar-refractivity contribution in [3.05, 3.63) is 63.4 Å². The number of H-pyrrole nitrogens is 1. The van der Waals surface area contributed by atoms with Crippen molar-refractivity contribution in [2.75, 3.05) is 0 Å². The lowest BCUT2D eigenvalue weighted by molar-refractivity contribution is 0.562. The van der Waals surface area contributed by atoms with Crippen LogP contribution in [0.2, 0.25) is 0 Å². The number of allylic oxidation sites excluding steroid dienone is 2. The van der Waals surface area contributed by atoms with Crippen molar-refractivity contribution in [2.24, 2.45) is 0 Å². The Kier molecular flexibility index (Phi) is 5.80. The first-order chi connectivity index (χ1) is 12.7. The highest BCUT2D eigenvalue weighted by molar-refractivity contribution is 7.13. The first-order valence-corrected chi connectivity index (χ1v) is 9.68. The molecule has 1 atom stereocenters. The first kappa shape index (κ1) is 18.3. The third-order valence-corrected chi connectivity index (χ3v) is 4.96. The summed E-state index contributed by atoms with van der Waals surface area (Å²) in [5.74, 6) is 1.06. The molecule has 3 aromatic rings. The third-order valence-electron chi connectivity index (χ3n) is 4.08. The van der Waals surface area contributed by atoms with E-state index in [9.17, 15) is 4.79 Å². The van der Waals surface area contributed by atoms with Crippen LogP contribution < -0.4 is 10.9 Å². The van der Waals surface area contributed by atoms with Crippen molar-refractivity contribution in [3.8, 4) is 10.7 Å². The van der Waals surface area contributed by atoms with Crippen molar-refractivity contribution in [3.63, 3.8) is 0 Å². The number of thiophene rings is 1. The molecule has 6 nitrogen and oxygen atoms in total. The molecule has 7 heteroatoms. The van der Waals surface area contributed by atoms with Gasteiger partial charge >= 0.3 is 0 Å². The summed E-state index contributed by atoms with van der Waals surface area (Å²) in [6, 6.07) is 5.75. The molecule has 3 aromatic heterocycles. The van der Waals surface area contributed by atoms with E-state index in [0.717, 1.165) is 11.3 Å². The number of fused-ring (bicyclic) bond motifs is 1. The van der Waals surface area contributed by atoms with Gasteiger partial charge in [-0.15, -0.1) is 11.3 Å². The highest BCUT2D eigenvalue weighted by atomic mass is 32.1. The largest absolute Gasteiger partial charge is 0.304 e. The SMILES string of the molecule is CC.CC1=CC=CCC1NCc1cc(=O)n2[nH]c(-c3cccs3)nc2n1. The molecule has 1 unspecified atom stereocenters. The Labute approximate surface area is 156 Å². The molecule has 4 rings (SSSR count). The molecule has 0 saturated carbocycles. The van der Waals surface area contributed by atoms with Gasteiger partial charge in [0.05, 0.1) is 10.6 Å². The molecule has 0 aromatic carbocycles. The number of aromatic amines is 1. The van der Waals surface area contributed by atoms with E-state index in [-0.39, 0.29) is 11.6 Å². The minimum Gasteiger partial charge on any atom is -0.304 e. The molecule has 0 radical (unpaired) electrons. The van der Waals surface area contributed by atoms with E-state index in [4.69, 9.17) is 0 Å². The lowest BCUT2D eigenvalue weighted by Crippen LogP contribution is -2.31. The standard InChI is InChI=1S/C17H17N5OS.C2H6/c1-11-5-2-3-6-13(11)18-10-12-9-15(23)22-17(19-12)20-16(21-22)14-7-4-8-24-14;1-2/h2-5,7-9,13,18H,6,10H2,1H3,(H,19,20,21);1-2H3. The summed E-state index contributed by atoms with van der Waals surface area (Å²) >= 11 is 1.57. The minimum absolute atomic E-state index is 0.150. The fourth-order valence-corrected chi connectivity index (χ4v) is 3.41. The van der Waals surface area contributed by atoms with Crippen LogP contribution in [0.25, 0.3) is 16.5 Å². The van der Waals surface area contributed by atoms with E-state index in [1.165, 1.54) is 10.1 Å². The average molecular weight is 369 g/mol. The maximum absolute atomic E-state index is 12.3. The Morgan fingerprint density at radius 3 is 2.96 bits per heavy atom. The van der Waals surface area contributed by atoms with Gasteiger partial charge in [0.1, 0.15) is 0 Å². The smallest absolute Gasteiger partial charge is 0.274 e. The van der Waals surface area contributed by atoms with E-state index >= 15 is 0 Å². The Hall–Kier alpha value is -2.51. The van der Waals surface area contributed by atoms with Crippen LogP contribution in [-0.2, 0) is 6.54 Å². The van der Waals surface area contributed by atoms with E-state index in [2.05, 4.69) is 45.5 Å². The summed E-state index contributed by atoms with van der Waals surface area (Å²) in [5, 5.41) is 8.43. The highest BCUT2D eigenvalue weighted by Gasteiger charge is 2.13. The number of hydrogen-bond donors (Lipinski definition) is 2. The summed E-state index contributed by atoms with van der Waals surface area (Å²) in [6.45, 7) is 6.64. The maximum atomic E-state index is 12.3. The Bertz CT molecular complexity index is 981. The second-order valence-electron chi connectivity index (χ2n) is 5.78. The summed E-state index contributed by atoms with van der Waals surface area (Å²) in [5.41, 5.74) is 1.84. The average Bonchev–Trinajstić information content (AvgIpc) is 3.32. The molecule has 136 valence electrons. The van der Waals surface area contributed by atoms with Gasteiger partial charge in [-0.1, -0.05) is 43.7 Å². The van der Waals surface area contributed by atoms with Crippen molar-refractivity contribution < 1.29 is 0 Å². The van der Waals surface area contributed by atoms with Gasteiger partial charge in [0.15, 0.2) is 5.82 Å². The van der Waals surface area contributed by atoms with Crippen LogP contribution in [0.4, 0.5) is 0 Å². The quantitative estimate of drug-likeness (QED) is 0.738. The van der Waals surface area contributed by atoms with E-state index in [0.29, 0.717) is 23.8 Å². The van der Waals surface area contributed by atoms with Crippen LogP contribution in [-0.4, -0.2) is 25.6 Å². The molecule has 3 heterocycles. The minimum atomic E-state index is -0.150. The Morgan fingerprint density at radius 2 is 2.23 bits per heavy atom. The summed E-state index contributed by atoms with van der Waals surface area (Å²) in [7, 11) is 0. The van der Waals surface area contributed by atoms with Gasteiger partial charge in [-0.2, -0.15) is 9.50 Å². The normalized spacial score (nSPS) is 16.3. The molecular formula is C19H23N5OS. The summed E-state index contributed by atoms with van der Waals surface area (Å²) in [6.07, 6.45) is 7.26. The molecule has 0 saturated heterocycles. The molecule has 2 N–H and O–H groups in total. The topological polar surface area (TPSA) is 75.1 Å². The number of rotatable bonds is 4.